The highest BCUT2D eigenvalue weighted by Gasteiger charge is 2.44. The minimum Gasteiger partial charge on any atom is -0.295 e. The number of rotatable bonds is 2. The van der Waals surface area contributed by atoms with Crippen LogP contribution in [-0.4, -0.2) is 40.8 Å². The Labute approximate surface area is 124 Å². The second kappa shape index (κ2) is 5.00. The van der Waals surface area contributed by atoms with Crippen LogP contribution in [0.4, 0.5) is 0 Å². The number of hydrogen-bond donors (Lipinski definition) is 1. The Kier molecular flexibility index (Phi) is 3.29. The lowest BCUT2D eigenvalue weighted by atomic mass is 10.0. The van der Waals surface area contributed by atoms with Crippen LogP contribution in [0.2, 0.25) is 0 Å². The zero-order valence-corrected chi connectivity index (χ0v) is 12.0. The molecule has 0 spiro atoms. The van der Waals surface area contributed by atoms with Gasteiger partial charge in [-0.15, -0.1) is 11.8 Å². The van der Waals surface area contributed by atoms with Gasteiger partial charge in [0, 0.05) is 11.3 Å². The zero-order valence-electron chi connectivity index (χ0n) is 11.2. The molecule has 2 heterocycles. The number of fused-ring (bicyclic) bond motifs is 1. The van der Waals surface area contributed by atoms with Crippen molar-refractivity contribution in [3.63, 3.8) is 0 Å². The van der Waals surface area contributed by atoms with E-state index in [1.54, 1.807) is 18.2 Å². The Morgan fingerprint density at radius 3 is 2.52 bits per heavy atom. The molecule has 21 heavy (non-hydrogen) atoms. The van der Waals surface area contributed by atoms with Crippen LogP contribution in [0.25, 0.3) is 0 Å². The van der Waals surface area contributed by atoms with Crippen LogP contribution in [0, 0.1) is 0 Å². The van der Waals surface area contributed by atoms with E-state index in [0.717, 1.165) is 9.80 Å². The van der Waals surface area contributed by atoms with Gasteiger partial charge in [0.05, 0.1) is 11.1 Å². The van der Waals surface area contributed by atoms with Crippen LogP contribution in [0.1, 0.15) is 33.6 Å². The molecular formula is C14H12N2O4S. The first-order chi connectivity index (χ1) is 10.0. The molecule has 0 aliphatic carbocycles. The van der Waals surface area contributed by atoms with E-state index in [2.05, 4.69) is 5.32 Å². The summed E-state index contributed by atoms with van der Waals surface area (Å²) in [4.78, 5) is 49.7. The monoisotopic (exact) mass is 304 g/mol. The van der Waals surface area contributed by atoms with Crippen LogP contribution in [0.3, 0.4) is 0 Å². The maximum atomic E-state index is 12.4. The first-order valence-electron chi connectivity index (χ1n) is 6.42. The van der Waals surface area contributed by atoms with Gasteiger partial charge in [0.25, 0.3) is 11.8 Å². The maximum Gasteiger partial charge on any atom is 0.262 e. The molecule has 1 atom stereocenters. The second-order valence-electron chi connectivity index (χ2n) is 4.86. The minimum absolute atomic E-state index is 0.125. The van der Waals surface area contributed by atoms with Crippen molar-refractivity contribution in [1.29, 1.82) is 0 Å². The van der Waals surface area contributed by atoms with E-state index in [0.29, 0.717) is 11.1 Å². The highest BCUT2D eigenvalue weighted by molar-refractivity contribution is 7.98. The molecule has 7 heteroatoms. The highest BCUT2D eigenvalue weighted by atomic mass is 32.2. The summed E-state index contributed by atoms with van der Waals surface area (Å²) in [6.45, 7) is 0. The number of carbonyl (C=O) groups excluding carboxylic acids is 4. The smallest absolute Gasteiger partial charge is 0.262 e. The summed E-state index contributed by atoms with van der Waals surface area (Å²) in [7, 11) is 0. The third-order valence-electron chi connectivity index (χ3n) is 3.65. The van der Waals surface area contributed by atoms with E-state index < -0.39 is 23.8 Å². The zero-order chi connectivity index (χ0) is 15.1. The molecule has 0 saturated carbocycles. The maximum absolute atomic E-state index is 12.4. The number of imide groups is 2. The number of piperidine rings is 1. The summed E-state index contributed by atoms with van der Waals surface area (Å²) in [5, 5.41) is 2.17. The number of hydrogen-bond acceptors (Lipinski definition) is 5. The van der Waals surface area contributed by atoms with E-state index in [9.17, 15) is 19.2 Å². The number of nitrogens with one attached hydrogen (secondary N) is 1. The molecule has 1 aromatic carbocycles. The molecule has 2 aliphatic rings. The van der Waals surface area contributed by atoms with Crippen molar-refractivity contribution in [2.24, 2.45) is 0 Å². The van der Waals surface area contributed by atoms with Crippen LogP contribution in [0.15, 0.2) is 23.1 Å². The van der Waals surface area contributed by atoms with Crippen LogP contribution in [0.5, 0.6) is 0 Å². The lowest BCUT2D eigenvalue weighted by molar-refractivity contribution is -0.136. The summed E-state index contributed by atoms with van der Waals surface area (Å²) < 4.78 is 0. The van der Waals surface area contributed by atoms with Gasteiger partial charge in [-0.2, -0.15) is 0 Å². The predicted octanol–water partition coefficient (Wildman–Crippen LogP) is 0.810. The molecule has 108 valence electrons. The van der Waals surface area contributed by atoms with Crippen LogP contribution >= 0.6 is 11.8 Å². The molecule has 4 amide bonds. The van der Waals surface area contributed by atoms with Crippen molar-refractivity contribution in [2.75, 3.05) is 6.26 Å². The van der Waals surface area contributed by atoms with E-state index in [1.807, 2.05) is 6.26 Å². The standard InChI is InChI=1S/C14H12N2O4S/c1-21-7-2-3-8-9(6-7)14(20)16(13(8)19)10-4-5-11(17)15-12(10)18/h2-3,6,10H,4-5H2,1H3,(H,15,17,18). The SMILES string of the molecule is CSc1ccc2c(c1)C(=O)N(C1CCC(=O)NC1=O)C2=O. The van der Waals surface area contributed by atoms with Gasteiger partial charge in [0.1, 0.15) is 6.04 Å². The van der Waals surface area contributed by atoms with Crippen molar-refractivity contribution in [3.05, 3.63) is 29.3 Å². The van der Waals surface area contributed by atoms with Crippen LogP contribution < -0.4 is 5.32 Å². The van der Waals surface area contributed by atoms with Gasteiger partial charge in [0.2, 0.25) is 11.8 Å². The normalized spacial score (nSPS) is 21.6. The summed E-state index contributed by atoms with van der Waals surface area (Å²) >= 11 is 1.47. The second-order valence-corrected chi connectivity index (χ2v) is 5.74. The van der Waals surface area contributed by atoms with Gasteiger partial charge in [0.15, 0.2) is 0 Å². The molecule has 2 aliphatic heterocycles. The molecule has 0 aromatic heterocycles. The number of carbonyl (C=O) groups is 4. The third kappa shape index (κ3) is 2.13. The van der Waals surface area contributed by atoms with E-state index in [-0.39, 0.29) is 18.7 Å². The predicted molar refractivity (Wildman–Crippen MR) is 74.9 cm³/mol. The molecule has 3 rings (SSSR count). The minimum atomic E-state index is -0.909. The highest BCUT2D eigenvalue weighted by Crippen LogP contribution is 2.30. The van der Waals surface area contributed by atoms with E-state index in [1.165, 1.54) is 11.8 Å². The average molecular weight is 304 g/mol. The van der Waals surface area contributed by atoms with Crippen molar-refractivity contribution >= 4 is 35.4 Å². The molecule has 0 bridgehead atoms. The Hall–Kier alpha value is -2.15. The lowest BCUT2D eigenvalue weighted by Gasteiger charge is -2.27. The molecule has 1 fully saturated rings. The van der Waals surface area contributed by atoms with E-state index in [4.69, 9.17) is 0 Å². The summed E-state index contributed by atoms with van der Waals surface area (Å²) in [5.74, 6) is -1.92. The molecule has 0 radical (unpaired) electrons. The summed E-state index contributed by atoms with van der Waals surface area (Å²) in [5.41, 5.74) is 0.624. The fourth-order valence-electron chi connectivity index (χ4n) is 2.58. The molecule has 1 saturated heterocycles. The lowest BCUT2D eigenvalue weighted by Crippen LogP contribution is -2.54. The molecule has 1 unspecified atom stereocenters. The van der Waals surface area contributed by atoms with Gasteiger partial charge < -0.3 is 0 Å². The van der Waals surface area contributed by atoms with E-state index >= 15 is 0 Å². The van der Waals surface area contributed by atoms with Crippen molar-refractivity contribution < 1.29 is 19.2 Å². The molecular weight excluding hydrogens is 292 g/mol. The fraction of sp³-hybridized carbons (Fsp3) is 0.286. The van der Waals surface area contributed by atoms with Gasteiger partial charge in [-0.3, -0.25) is 29.4 Å². The topological polar surface area (TPSA) is 83.6 Å². The number of amides is 4. The Bertz CT molecular complexity index is 686. The average Bonchev–Trinajstić information content (AvgIpc) is 2.71. The first-order valence-corrected chi connectivity index (χ1v) is 7.65. The van der Waals surface area contributed by atoms with Gasteiger partial charge in [-0.25, -0.2) is 0 Å². The van der Waals surface area contributed by atoms with Gasteiger partial charge in [-0.05, 0) is 30.9 Å². The summed E-state index contributed by atoms with van der Waals surface area (Å²) in [6, 6.07) is 4.12. The molecule has 6 nitrogen and oxygen atoms in total. The Morgan fingerprint density at radius 2 is 1.86 bits per heavy atom. The number of benzene rings is 1. The third-order valence-corrected chi connectivity index (χ3v) is 4.37. The Balaban J connectivity index is 1.96. The van der Waals surface area contributed by atoms with Crippen LogP contribution in [-0.2, 0) is 9.59 Å². The fourth-order valence-corrected chi connectivity index (χ4v) is 3.02. The number of thioether (sulfide) groups is 1. The summed E-state index contributed by atoms with van der Waals surface area (Å²) in [6.07, 6.45) is 2.17. The van der Waals surface area contributed by atoms with Crippen molar-refractivity contribution in [1.82, 2.24) is 10.2 Å². The van der Waals surface area contributed by atoms with Crippen molar-refractivity contribution in [2.45, 2.75) is 23.8 Å². The largest absolute Gasteiger partial charge is 0.295 e. The van der Waals surface area contributed by atoms with Crippen molar-refractivity contribution in [3.8, 4) is 0 Å². The van der Waals surface area contributed by atoms with Gasteiger partial charge in [-0.1, -0.05) is 0 Å². The molecule has 1 aromatic rings. The molecule has 1 N–H and O–H groups in total. The Morgan fingerprint density at radius 1 is 1.14 bits per heavy atom. The van der Waals surface area contributed by atoms with Gasteiger partial charge >= 0.3 is 0 Å². The quantitative estimate of drug-likeness (QED) is 0.646. The first kappa shape index (κ1) is 13.8. The number of nitrogens with zero attached hydrogens (tertiary/aromatic N) is 1.